The Balaban J connectivity index is 1.85. The van der Waals surface area contributed by atoms with Gasteiger partial charge in [-0.05, 0) is 12.1 Å². The van der Waals surface area contributed by atoms with Crippen molar-refractivity contribution in [3.8, 4) is 6.07 Å². The van der Waals surface area contributed by atoms with E-state index in [0.29, 0.717) is 31.3 Å². The summed E-state index contributed by atoms with van der Waals surface area (Å²) in [6, 6.07) is 5.23. The molecule has 0 radical (unpaired) electrons. The van der Waals surface area contributed by atoms with Crippen molar-refractivity contribution < 1.29 is 14.3 Å². The van der Waals surface area contributed by atoms with Crippen LogP contribution in [0.25, 0.3) is 0 Å². The first kappa shape index (κ1) is 10.2. The molecule has 1 aliphatic rings. The Morgan fingerprint density at radius 2 is 2.40 bits per heavy atom. The highest BCUT2D eigenvalue weighted by Gasteiger charge is 2.25. The first-order valence-corrected chi connectivity index (χ1v) is 4.77. The lowest BCUT2D eigenvalue weighted by Gasteiger charge is -2.12. The van der Waals surface area contributed by atoms with Crippen LogP contribution < -0.4 is 5.32 Å². The highest BCUT2D eigenvalue weighted by atomic mass is 16.5. The number of ether oxygens (including phenoxy) is 1. The largest absolute Gasteiger partial charge is 0.449 e. The van der Waals surface area contributed by atoms with Crippen molar-refractivity contribution in [2.75, 3.05) is 13.2 Å². The maximum Gasteiger partial charge on any atom is 0.203 e. The van der Waals surface area contributed by atoms with Gasteiger partial charge < -0.3 is 19.6 Å². The summed E-state index contributed by atoms with van der Waals surface area (Å²) < 4.78 is 10.3. The van der Waals surface area contributed by atoms with E-state index >= 15 is 0 Å². The Morgan fingerprint density at radius 3 is 3.00 bits per heavy atom. The molecule has 1 fully saturated rings. The van der Waals surface area contributed by atoms with Gasteiger partial charge in [0.1, 0.15) is 11.8 Å². The van der Waals surface area contributed by atoms with Crippen LogP contribution in [0.5, 0.6) is 0 Å². The molecule has 15 heavy (non-hydrogen) atoms. The predicted octanol–water partition coefficient (Wildman–Crippen LogP) is 0.000580. The fraction of sp³-hybridized carbons (Fsp3) is 0.500. The monoisotopic (exact) mass is 208 g/mol. The molecule has 0 spiro atoms. The van der Waals surface area contributed by atoms with Crippen LogP contribution in [-0.2, 0) is 11.3 Å². The fourth-order valence-electron chi connectivity index (χ4n) is 1.50. The van der Waals surface area contributed by atoms with Gasteiger partial charge in [-0.25, -0.2) is 0 Å². The lowest BCUT2D eigenvalue weighted by atomic mass is 10.2. The smallest absolute Gasteiger partial charge is 0.203 e. The number of aliphatic hydroxyl groups excluding tert-OH is 1. The van der Waals surface area contributed by atoms with Crippen molar-refractivity contribution in [3.63, 3.8) is 0 Å². The topological polar surface area (TPSA) is 78.4 Å². The van der Waals surface area contributed by atoms with Gasteiger partial charge in [-0.3, -0.25) is 0 Å². The number of hydrogen-bond acceptors (Lipinski definition) is 5. The van der Waals surface area contributed by atoms with Gasteiger partial charge in [0.25, 0.3) is 0 Å². The van der Waals surface area contributed by atoms with Crippen molar-refractivity contribution >= 4 is 0 Å². The standard InChI is InChI=1S/C10H12N2O3/c11-3-7-1-2-8(15-7)4-12-9-5-14-6-10(9)13/h1-2,9-10,12-13H,4-6H2. The van der Waals surface area contributed by atoms with Crippen molar-refractivity contribution in [2.24, 2.45) is 0 Å². The van der Waals surface area contributed by atoms with Crippen LogP contribution in [-0.4, -0.2) is 30.5 Å². The SMILES string of the molecule is N#Cc1ccc(CNC2COCC2O)o1. The van der Waals surface area contributed by atoms with Crippen LogP contribution >= 0.6 is 0 Å². The zero-order chi connectivity index (χ0) is 10.7. The summed E-state index contributed by atoms with van der Waals surface area (Å²) in [5.41, 5.74) is 0. The summed E-state index contributed by atoms with van der Waals surface area (Å²) in [6.45, 7) is 1.37. The lowest BCUT2D eigenvalue weighted by Crippen LogP contribution is -2.38. The average Bonchev–Trinajstić information content (AvgIpc) is 2.84. The molecule has 1 saturated heterocycles. The van der Waals surface area contributed by atoms with Gasteiger partial charge in [0.05, 0.1) is 31.9 Å². The number of furan rings is 1. The quantitative estimate of drug-likeness (QED) is 0.731. The van der Waals surface area contributed by atoms with Gasteiger partial charge in [-0.1, -0.05) is 0 Å². The van der Waals surface area contributed by atoms with E-state index in [9.17, 15) is 5.11 Å². The van der Waals surface area contributed by atoms with Crippen LogP contribution in [0, 0.1) is 11.3 Å². The van der Waals surface area contributed by atoms with Crippen molar-refractivity contribution in [1.29, 1.82) is 5.26 Å². The van der Waals surface area contributed by atoms with E-state index in [0.717, 1.165) is 0 Å². The molecule has 2 heterocycles. The molecule has 1 aromatic rings. The van der Waals surface area contributed by atoms with Crippen LogP contribution in [0.1, 0.15) is 11.5 Å². The Morgan fingerprint density at radius 1 is 1.53 bits per heavy atom. The molecule has 0 amide bonds. The molecule has 0 aliphatic carbocycles. The van der Waals surface area contributed by atoms with E-state index < -0.39 is 6.10 Å². The van der Waals surface area contributed by atoms with Crippen LogP contribution in [0.4, 0.5) is 0 Å². The Hall–Kier alpha value is -1.35. The lowest BCUT2D eigenvalue weighted by molar-refractivity contribution is 0.122. The molecule has 1 aromatic heterocycles. The Kier molecular flexibility index (Phi) is 3.02. The van der Waals surface area contributed by atoms with E-state index in [1.807, 2.05) is 6.07 Å². The summed E-state index contributed by atoms with van der Waals surface area (Å²) >= 11 is 0. The number of rotatable bonds is 3. The molecule has 2 N–H and O–H groups in total. The minimum atomic E-state index is -0.463. The second-order valence-electron chi connectivity index (χ2n) is 3.47. The summed E-state index contributed by atoms with van der Waals surface area (Å²) in [5.74, 6) is 0.987. The Bertz CT molecular complexity index is 369. The minimum absolute atomic E-state index is 0.0550. The van der Waals surface area contributed by atoms with Crippen molar-refractivity contribution in [3.05, 3.63) is 23.7 Å². The first-order chi connectivity index (χ1) is 7.29. The van der Waals surface area contributed by atoms with Gasteiger partial charge in [-0.15, -0.1) is 0 Å². The Labute approximate surface area is 87.3 Å². The molecular formula is C10H12N2O3. The minimum Gasteiger partial charge on any atom is -0.449 e. The molecule has 0 saturated carbocycles. The summed E-state index contributed by atoms with van der Waals surface area (Å²) in [5, 5.41) is 21.1. The van der Waals surface area contributed by atoms with Crippen molar-refractivity contribution in [2.45, 2.75) is 18.7 Å². The third kappa shape index (κ3) is 2.36. The third-order valence-electron chi connectivity index (χ3n) is 2.36. The normalized spacial score (nSPS) is 25.3. The molecule has 5 heteroatoms. The van der Waals surface area contributed by atoms with E-state index in [2.05, 4.69) is 5.32 Å². The first-order valence-electron chi connectivity index (χ1n) is 4.77. The molecule has 0 aromatic carbocycles. The molecule has 5 nitrogen and oxygen atoms in total. The highest BCUT2D eigenvalue weighted by molar-refractivity contribution is 5.19. The maximum absolute atomic E-state index is 9.45. The average molecular weight is 208 g/mol. The molecule has 2 rings (SSSR count). The molecular weight excluding hydrogens is 196 g/mol. The molecule has 1 aliphatic heterocycles. The summed E-state index contributed by atoms with van der Waals surface area (Å²) in [4.78, 5) is 0. The van der Waals surface area contributed by atoms with Crippen LogP contribution in [0.15, 0.2) is 16.5 Å². The van der Waals surface area contributed by atoms with Crippen LogP contribution in [0.2, 0.25) is 0 Å². The van der Waals surface area contributed by atoms with Gasteiger partial charge in [0, 0.05) is 0 Å². The number of aliphatic hydroxyl groups is 1. The number of nitrogens with one attached hydrogen (secondary N) is 1. The van der Waals surface area contributed by atoms with Gasteiger partial charge >= 0.3 is 0 Å². The maximum atomic E-state index is 9.45. The molecule has 2 atom stereocenters. The zero-order valence-electron chi connectivity index (χ0n) is 8.14. The van der Waals surface area contributed by atoms with Crippen LogP contribution in [0.3, 0.4) is 0 Å². The van der Waals surface area contributed by atoms with E-state index in [-0.39, 0.29) is 6.04 Å². The predicted molar refractivity (Wildman–Crippen MR) is 50.9 cm³/mol. The fourth-order valence-corrected chi connectivity index (χ4v) is 1.50. The second-order valence-corrected chi connectivity index (χ2v) is 3.47. The van der Waals surface area contributed by atoms with Gasteiger partial charge in [0.2, 0.25) is 5.76 Å². The van der Waals surface area contributed by atoms with E-state index in [4.69, 9.17) is 14.4 Å². The number of nitrogens with zero attached hydrogens (tertiary/aromatic N) is 1. The summed E-state index contributed by atoms with van der Waals surface area (Å²) in [7, 11) is 0. The third-order valence-corrected chi connectivity index (χ3v) is 2.36. The molecule has 2 unspecified atom stereocenters. The summed E-state index contributed by atoms with van der Waals surface area (Å²) in [6.07, 6.45) is -0.463. The van der Waals surface area contributed by atoms with Gasteiger partial charge in [-0.2, -0.15) is 5.26 Å². The second kappa shape index (κ2) is 4.45. The van der Waals surface area contributed by atoms with E-state index in [1.54, 1.807) is 12.1 Å². The van der Waals surface area contributed by atoms with Crippen molar-refractivity contribution in [1.82, 2.24) is 5.32 Å². The molecule has 0 bridgehead atoms. The van der Waals surface area contributed by atoms with E-state index in [1.165, 1.54) is 0 Å². The zero-order valence-corrected chi connectivity index (χ0v) is 8.14. The highest BCUT2D eigenvalue weighted by Crippen LogP contribution is 2.09. The number of hydrogen-bond donors (Lipinski definition) is 2. The molecule has 80 valence electrons. The number of nitriles is 1. The van der Waals surface area contributed by atoms with Gasteiger partial charge in [0.15, 0.2) is 0 Å².